The average molecular weight is 238 g/mol. The Morgan fingerprint density at radius 3 is 2.94 bits per heavy atom. The van der Waals surface area contributed by atoms with Crippen molar-refractivity contribution in [3.8, 4) is 0 Å². The van der Waals surface area contributed by atoms with Crippen molar-refractivity contribution in [3.05, 3.63) is 5.82 Å². The van der Waals surface area contributed by atoms with Crippen molar-refractivity contribution in [2.75, 3.05) is 19.6 Å². The van der Waals surface area contributed by atoms with Crippen molar-refractivity contribution >= 4 is 0 Å². The van der Waals surface area contributed by atoms with Gasteiger partial charge in [-0.2, -0.15) is 0 Å². The molecule has 0 aromatic carbocycles. The third-order valence-electron chi connectivity index (χ3n) is 3.35. The van der Waals surface area contributed by atoms with Gasteiger partial charge in [-0.05, 0) is 30.7 Å². The van der Waals surface area contributed by atoms with Gasteiger partial charge in [0.05, 0.1) is 6.54 Å². The number of hydrogen-bond donors (Lipinski definition) is 1. The number of nitrogens with zero attached hydrogens (tertiary/aromatic N) is 5. The monoisotopic (exact) mass is 238 g/mol. The Morgan fingerprint density at radius 1 is 1.41 bits per heavy atom. The SMILES string of the molecule is CCCn1nnnc1CN1CCNCC1(C)C. The Bertz CT molecular complexity index is 359. The maximum Gasteiger partial charge on any atom is 0.165 e. The number of piperazine rings is 1. The molecule has 0 aliphatic carbocycles. The molecule has 1 N–H and O–H groups in total. The van der Waals surface area contributed by atoms with Crippen LogP contribution in [0.25, 0.3) is 0 Å². The molecule has 6 heteroatoms. The standard InChI is InChI=1S/C11H22N6/c1-4-6-17-10(13-14-15-17)8-16-7-5-12-9-11(16,2)3/h12H,4-9H2,1-3H3. The van der Waals surface area contributed by atoms with Crippen LogP contribution in [0.2, 0.25) is 0 Å². The zero-order valence-electron chi connectivity index (χ0n) is 11.0. The number of nitrogens with one attached hydrogen (secondary N) is 1. The summed E-state index contributed by atoms with van der Waals surface area (Å²) in [5.74, 6) is 0.974. The number of tetrazole rings is 1. The predicted molar refractivity (Wildman–Crippen MR) is 65.5 cm³/mol. The van der Waals surface area contributed by atoms with Crippen molar-refractivity contribution in [1.29, 1.82) is 0 Å². The molecular formula is C11H22N6. The van der Waals surface area contributed by atoms with Gasteiger partial charge in [-0.15, -0.1) is 5.10 Å². The molecule has 17 heavy (non-hydrogen) atoms. The predicted octanol–water partition coefficient (Wildman–Crippen LogP) is 0.267. The fraction of sp³-hybridized carbons (Fsp3) is 0.909. The molecule has 1 aromatic heterocycles. The molecule has 2 rings (SSSR count). The minimum absolute atomic E-state index is 0.168. The van der Waals surface area contributed by atoms with Crippen LogP contribution in [-0.2, 0) is 13.1 Å². The number of rotatable bonds is 4. The minimum atomic E-state index is 0.168. The highest BCUT2D eigenvalue weighted by molar-refractivity contribution is 4.92. The summed E-state index contributed by atoms with van der Waals surface area (Å²) >= 11 is 0. The fourth-order valence-electron chi connectivity index (χ4n) is 2.21. The lowest BCUT2D eigenvalue weighted by Crippen LogP contribution is -2.57. The molecule has 0 saturated carbocycles. The summed E-state index contributed by atoms with van der Waals surface area (Å²) in [6.45, 7) is 11.5. The zero-order valence-corrected chi connectivity index (χ0v) is 11.0. The van der Waals surface area contributed by atoms with Crippen LogP contribution < -0.4 is 5.32 Å². The second-order valence-electron chi connectivity index (χ2n) is 5.23. The lowest BCUT2D eigenvalue weighted by Gasteiger charge is -2.42. The number of aryl methyl sites for hydroxylation is 1. The van der Waals surface area contributed by atoms with E-state index in [2.05, 4.69) is 46.5 Å². The van der Waals surface area contributed by atoms with Crippen LogP contribution in [0, 0.1) is 0 Å². The molecule has 0 spiro atoms. The molecule has 1 fully saturated rings. The van der Waals surface area contributed by atoms with E-state index in [1.54, 1.807) is 0 Å². The Balaban J connectivity index is 2.06. The number of aromatic nitrogens is 4. The molecule has 0 atom stereocenters. The molecule has 0 unspecified atom stereocenters. The zero-order chi connectivity index (χ0) is 12.3. The Morgan fingerprint density at radius 2 is 2.24 bits per heavy atom. The molecule has 0 bridgehead atoms. The molecule has 96 valence electrons. The van der Waals surface area contributed by atoms with Gasteiger partial charge in [0.25, 0.3) is 0 Å². The van der Waals surface area contributed by atoms with Gasteiger partial charge in [0.1, 0.15) is 0 Å². The highest BCUT2D eigenvalue weighted by Crippen LogP contribution is 2.18. The maximum absolute atomic E-state index is 4.13. The molecule has 0 amide bonds. The van der Waals surface area contributed by atoms with Crippen LogP contribution in [0.1, 0.15) is 33.0 Å². The first-order chi connectivity index (χ1) is 8.13. The van der Waals surface area contributed by atoms with E-state index in [0.29, 0.717) is 0 Å². The van der Waals surface area contributed by atoms with Crippen molar-refractivity contribution in [2.45, 2.75) is 45.8 Å². The summed E-state index contributed by atoms with van der Waals surface area (Å²) in [5.41, 5.74) is 0.168. The summed E-state index contributed by atoms with van der Waals surface area (Å²) in [7, 11) is 0. The Hall–Kier alpha value is -1.01. The summed E-state index contributed by atoms with van der Waals surface area (Å²) < 4.78 is 1.91. The van der Waals surface area contributed by atoms with Crippen LogP contribution >= 0.6 is 0 Å². The van der Waals surface area contributed by atoms with Crippen LogP contribution in [0.4, 0.5) is 0 Å². The Labute approximate surface area is 102 Å². The summed E-state index contributed by atoms with van der Waals surface area (Å²) in [5, 5.41) is 15.4. The van der Waals surface area contributed by atoms with Crippen molar-refractivity contribution in [3.63, 3.8) is 0 Å². The molecule has 0 radical (unpaired) electrons. The second-order valence-corrected chi connectivity index (χ2v) is 5.23. The quantitative estimate of drug-likeness (QED) is 0.816. The molecule has 1 aromatic rings. The van der Waals surface area contributed by atoms with Gasteiger partial charge in [-0.3, -0.25) is 4.90 Å². The first-order valence-electron chi connectivity index (χ1n) is 6.34. The molecular weight excluding hydrogens is 216 g/mol. The van der Waals surface area contributed by atoms with E-state index in [1.165, 1.54) is 0 Å². The van der Waals surface area contributed by atoms with Gasteiger partial charge in [-0.1, -0.05) is 6.92 Å². The third-order valence-corrected chi connectivity index (χ3v) is 3.35. The first-order valence-corrected chi connectivity index (χ1v) is 6.34. The normalized spacial score (nSPS) is 20.6. The third kappa shape index (κ3) is 2.81. The lowest BCUT2D eigenvalue weighted by molar-refractivity contribution is 0.0782. The lowest BCUT2D eigenvalue weighted by atomic mass is 10.0. The molecule has 1 saturated heterocycles. The van der Waals surface area contributed by atoms with Crippen molar-refractivity contribution < 1.29 is 0 Å². The Kier molecular flexibility index (Phi) is 3.73. The van der Waals surface area contributed by atoms with Gasteiger partial charge in [0.2, 0.25) is 0 Å². The smallest absolute Gasteiger partial charge is 0.165 e. The van der Waals surface area contributed by atoms with Gasteiger partial charge in [-0.25, -0.2) is 4.68 Å². The van der Waals surface area contributed by atoms with E-state index in [0.717, 1.165) is 45.0 Å². The van der Waals surface area contributed by atoms with Gasteiger partial charge in [0, 0.05) is 31.7 Å². The highest BCUT2D eigenvalue weighted by atomic mass is 15.5. The largest absolute Gasteiger partial charge is 0.314 e. The topological polar surface area (TPSA) is 58.9 Å². The van der Waals surface area contributed by atoms with Gasteiger partial charge < -0.3 is 5.32 Å². The molecule has 1 aliphatic heterocycles. The molecule has 2 heterocycles. The second kappa shape index (κ2) is 5.10. The van der Waals surface area contributed by atoms with Crippen molar-refractivity contribution in [2.24, 2.45) is 0 Å². The van der Waals surface area contributed by atoms with E-state index in [9.17, 15) is 0 Å². The van der Waals surface area contributed by atoms with Crippen LogP contribution in [0.3, 0.4) is 0 Å². The average Bonchev–Trinajstić information content (AvgIpc) is 2.70. The number of hydrogen-bond acceptors (Lipinski definition) is 5. The molecule has 6 nitrogen and oxygen atoms in total. The van der Waals surface area contributed by atoms with E-state index in [4.69, 9.17) is 0 Å². The van der Waals surface area contributed by atoms with Crippen molar-refractivity contribution in [1.82, 2.24) is 30.4 Å². The van der Waals surface area contributed by atoms with Crippen LogP contribution in [0.15, 0.2) is 0 Å². The summed E-state index contributed by atoms with van der Waals surface area (Å²) in [6, 6.07) is 0. The van der Waals surface area contributed by atoms with Crippen LogP contribution in [-0.4, -0.2) is 50.3 Å². The fourth-order valence-corrected chi connectivity index (χ4v) is 2.21. The van der Waals surface area contributed by atoms with Gasteiger partial charge >= 0.3 is 0 Å². The van der Waals surface area contributed by atoms with E-state index in [1.807, 2.05) is 4.68 Å². The first kappa shape index (κ1) is 12.4. The summed E-state index contributed by atoms with van der Waals surface area (Å²) in [6.07, 6.45) is 1.06. The van der Waals surface area contributed by atoms with Gasteiger partial charge in [0.15, 0.2) is 5.82 Å². The minimum Gasteiger partial charge on any atom is -0.314 e. The summed E-state index contributed by atoms with van der Waals surface area (Å²) in [4.78, 5) is 2.45. The van der Waals surface area contributed by atoms with E-state index < -0.39 is 0 Å². The van der Waals surface area contributed by atoms with E-state index >= 15 is 0 Å². The van der Waals surface area contributed by atoms with Crippen LogP contribution in [0.5, 0.6) is 0 Å². The molecule has 1 aliphatic rings. The highest BCUT2D eigenvalue weighted by Gasteiger charge is 2.30. The van der Waals surface area contributed by atoms with E-state index in [-0.39, 0.29) is 5.54 Å². The maximum atomic E-state index is 4.13.